The molecule has 0 aliphatic heterocycles. The lowest BCUT2D eigenvalue weighted by Gasteiger charge is -2.19. The van der Waals surface area contributed by atoms with Gasteiger partial charge in [0.2, 0.25) is 0 Å². The summed E-state index contributed by atoms with van der Waals surface area (Å²) in [6, 6.07) is 15.7. The van der Waals surface area contributed by atoms with Crippen molar-refractivity contribution in [1.82, 2.24) is 9.38 Å². The Balaban J connectivity index is 1.46. The Morgan fingerprint density at radius 2 is 1.62 bits per heavy atom. The number of pyridine rings is 1. The van der Waals surface area contributed by atoms with Crippen molar-refractivity contribution >= 4 is 39.1 Å². The molecule has 1 aliphatic carbocycles. The number of halogens is 1. The predicted octanol–water partition coefficient (Wildman–Crippen LogP) is 3.59. The van der Waals surface area contributed by atoms with E-state index in [9.17, 15) is 19.2 Å². The summed E-state index contributed by atoms with van der Waals surface area (Å²) in [5.41, 5.74) is 1.09. The van der Waals surface area contributed by atoms with Gasteiger partial charge in [0.15, 0.2) is 11.6 Å². The molecule has 0 N–H and O–H groups in total. The van der Waals surface area contributed by atoms with Crippen LogP contribution in [0.1, 0.15) is 47.9 Å². The van der Waals surface area contributed by atoms with Gasteiger partial charge < -0.3 is 4.74 Å². The van der Waals surface area contributed by atoms with Gasteiger partial charge in [0, 0.05) is 39.0 Å². The molecule has 1 aliphatic rings. The number of fused-ring (bicyclic) bond motifs is 3. The van der Waals surface area contributed by atoms with E-state index in [1.807, 2.05) is 0 Å². The van der Waals surface area contributed by atoms with E-state index in [4.69, 9.17) is 4.74 Å². The quantitative estimate of drug-likeness (QED) is 0.360. The minimum absolute atomic E-state index is 0.00297. The second-order valence-electron chi connectivity index (χ2n) is 7.17. The van der Waals surface area contributed by atoms with E-state index in [0.717, 1.165) is 4.47 Å². The first-order valence-corrected chi connectivity index (χ1v) is 10.4. The highest BCUT2D eigenvalue weighted by Crippen LogP contribution is 2.29. The smallest absolute Gasteiger partial charge is 0.339 e. The standard InChI is InChI=1S/C24H13BrN2O5/c25-13-8-9-19-26-14(10-20(28)27(19)11-13)12-32-24(31)18-7-3-6-17-21(18)23(30)16-5-2-1-4-15(16)22(17)29/h1-11H,12H2. The van der Waals surface area contributed by atoms with Gasteiger partial charge in [0.25, 0.3) is 5.56 Å². The first kappa shape index (κ1) is 20.0. The van der Waals surface area contributed by atoms with Gasteiger partial charge in [-0.05, 0) is 34.1 Å². The lowest BCUT2D eigenvalue weighted by molar-refractivity contribution is 0.0465. The molecule has 4 aromatic rings. The number of esters is 1. The molecule has 0 unspecified atom stereocenters. The molecule has 8 heteroatoms. The van der Waals surface area contributed by atoms with Gasteiger partial charge in [-0.15, -0.1) is 0 Å². The van der Waals surface area contributed by atoms with Crippen molar-refractivity contribution in [3.63, 3.8) is 0 Å². The monoisotopic (exact) mass is 488 g/mol. The van der Waals surface area contributed by atoms with Gasteiger partial charge >= 0.3 is 5.97 Å². The number of carbonyl (C=O) groups is 3. The van der Waals surface area contributed by atoms with E-state index in [1.54, 1.807) is 42.6 Å². The van der Waals surface area contributed by atoms with Crippen LogP contribution in [0.4, 0.5) is 0 Å². The molecule has 0 fully saturated rings. The second kappa shape index (κ2) is 7.65. The van der Waals surface area contributed by atoms with E-state index in [2.05, 4.69) is 20.9 Å². The molecule has 0 amide bonds. The minimum atomic E-state index is -0.778. The first-order chi connectivity index (χ1) is 15.4. The lowest BCUT2D eigenvalue weighted by Crippen LogP contribution is -2.24. The highest BCUT2D eigenvalue weighted by molar-refractivity contribution is 9.10. The molecule has 0 saturated heterocycles. The van der Waals surface area contributed by atoms with Crippen molar-refractivity contribution in [3.8, 4) is 0 Å². The number of nitrogens with zero attached hydrogens (tertiary/aromatic N) is 2. The zero-order valence-corrected chi connectivity index (χ0v) is 18.0. The van der Waals surface area contributed by atoms with Crippen molar-refractivity contribution in [2.45, 2.75) is 6.61 Å². The van der Waals surface area contributed by atoms with Crippen LogP contribution < -0.4 is 5.56 Å². The van der Waals surface area contributed by atoms with Crippen molar-refractivity contribution in [1.29, 1.82) is 0 Å². The molecule has 0 saturated carbocycles. The molecule has 5 rings (SSSR count). The van der Waals surface area contributed by atoms with Crippen LogP contribution in [-0.4, -0.2) is 26.9 Å². The highest BCUT2D eigenvalue weighted by Gasteiger charge is 2.33. The van der Waals surface area contributed by atoms with Crippen LogP contribution in [0.3, 0.4) is 0 Å². The number of hydrogen-bond donors (Lipinski definition) is 0. The van der Waals surface area contributed by atoms with Crippen molar-refractivity contribution in [2.75, 3.05) is 0 Å². The number of benzene rings is 2. The number of aromatic nitrogens is 2. The molecular weight excluding hydrogens is 476 g/mol. The third-order valence-corrected chi connectivity index (χ3v) is 5.67. The van der Waals surface area contributed by atoms with Gasteiger partial charge in [-0.3, -0.25) is 18.8 Å². The third-order valence-electron chi connectivity index (χ3n) is 5.20. The van der Waals surface area contributed by atoms with Crippen molar-refractivity contribution in [3.05, 3.63) is 115 Å². The van der Waals surface area contributed by atoms with Crippen LogP contribution in [-0.2, 0) is 11.3 Å². The minimum Gasteiger partial charge on any atom is -0.456 e. The molecule has 2 aromatic carbocycles. The Hall–Kier alpha value is -3.91. The summed E-state index contributed by atoms with van der Waals surface area (Å²) in [6.45, 7) is -0.261. The summed E-state index contributed by atoms with van der Waals surface area (Å²) in [5, 5.41) is 0. The van der Waals surface area contributed by atoms with Crippen LogP contribution >= 0.6 is 15.9 Å². The molecule has 156 valence electrons. The maximum absolute atomic E-state index is 13.1. The first-order valence-electron chi connectivity index (χ1n) is 9.60. The number of hydrogen-bond acceptors (Lipinski definition) is 6. The van der Waals surface area contributed by atoms with E-state index in [0.29, 0.717) is 11.2 Å². The van der Waals surface area contributed by atoms with E-state index < -0.39 is 11.8 Å². The Labute approximate surface area is 189 Å². The average molecular weight is 489 g/mol. The normalized spacial score (nSPS) is 12.4. The van der Waals surface area contributed by atoms with Gasteiger partial charge in [-0.1, -0.05) is 36.4 Å². The topological polar surface area (TPSA) is 94.8 Å². The van der Waals surface area contributed by atoms with Crippen LogP contribution in [0.2, 0.25) is 0 Å². The van der Waals surface area contributed by atoms with Crippen LogP contribution in [0.5, 0.6) is 0 Å². The molecule has 7 nitrogen and oxygen atoms in total. The van der Waals surface area contributed by atoms with Crippen LogP contribution in [0.15, 0.2) is 76.1 Å². The third kappa shape index (κ3) is 3.25. The van der Waals surface area contributed by atoms with E-state index in [-0.39, 0.29) is 45.9 Å². The van der Waals surface area contributed by atoms with E-state index in [1.165, 1.54) is 28.7 Å². The van der Waals surface area contributed by atoms with Crippen molar-refractivity contribution in [2.24, 2.45) is 0 Å². The number of ketones is 2. The molecule has 0 spiro atoms. The summed E-state index contributed by atoms with van der Waals surface area (Å²) in [5.74, 6) is -1.50. The van der Waals surface area contributed by atoms with Gasteiger partial charge in [-0.2, -0.15) is 0 Å². The molecule has 32 heavy (non-hydrogen) atoms. The molecule has 2 heterocycles. The Morgan fingerprint density at radius 1 is 0.906 bits per heavy atom. The van der Waals surface area contributed by atoms with Crippen LogP contribution in [0.25, 0.3) is 5.65 Å². The fourth-order valence-corrected chi connectivity index (χ4v) is 4.07. The molecule has 0 radical (unpaired) electrons. The maximum Gasteiger partial charge on any atom is 0.339 e. The highest BCUT2D eigenvalue weighted by atomic mass is 79.9. The average Bonchev–Trinajstić information content (AvgIpc) is 2.81. The Kier molecular flexibility index (Phi) is 4.79. The van der Waals surface area contributed by atoms with Gasteiger partial charge in [0.1, 0.15) is 12.3 Å². The lowest BCUT2D eigenvalue weighted by atomic mass is 9.82. The molecule has 0 atom stereocenters. The zero-order valence-electron chi connectivity index (χ0n) is 16.4. The second-order valence-corrected chi connectivity index (χ2v) is 8.09. The molecule has 0 bridgehead atoms. The van der Waals surface area contributed by atoms with E-state index >= 15 is 0 Å². The number of ether oxygens (including phenoxy) is 1. The summed E-state index contributed by atoms with van der Waals surface area (Å²) in [7, 11) is 0. The molecule has 2 aromatic heterocycles. The largest absolute Gasteiger partial charge is 0.456 e. The van der Waals surface area contributed by atoms with Gasteiger partial charge in [-0.25, -0.2) is 9.78 Å². The van der Waals surface area contributed by atoms with Crippen molar-refractivity contribution < 1.29 is 19.1 Å². The summed E-state index contributed by atoms with van der Waals surface area (Å²) >= 11 is 3.30. The Bertz CT molecular complexity index is 1520. The maximum atomic E-state index is 13.1. The summed E-state index contributed by atoms with van der Waals surface area (Å²) in [4.78, 5) is 55.4. The number of carbonyl (C=O) groups excluding carboxylic acids is 3. The fraction of sp³-hybridized carbons (Fsp3) is 0.0417. The van der Waals surface area contributed by atoms with Crippen LogP contribution in [0, 0.1) is 0 Å². The SMILES string of the molecule is O=C(OCc1cc(=O)n2cc(Br)ccc2n1)c1cccc2c1C(=O)c1ccccc1C2=O. The van der Waals surface area contributed by atoms with Gasteiger partial charge in [0.05, 0.1) is 11.3 Å². The zero-order chi connectivity index (χ0) is 22.4. The number of rotatable bonds is 3. The molecular formula is C24H13BrN2O5. The predicted molar refractivity (Wildman–Crippen MR) is 118 cm³/mol. The Morgan fingerprint density at radius 3 is 2.41 bits per heavy atom. The fourth-order valence-electron chi connectivity index (χ4n) is 3.73. The summed E-state index contributed by atoms with van der Waals surface area (Å²) in [6.07, 6.45) is 1.59. The summed E-state index contributed by atoms with van der Waals surface area (Å²) < 4.78 is 7.45.